The smallest absolute Gasteiger partial charge is 0.191 e. The van der Waals surface area contributed by atoms with Gasteiger partial charge in [0.2, 0.25) is 0 Å². The van der Waals surface area contributed by atoms with E-state index >= 15 is 0 Å². The summed E-state index contributed by atoms with van der Waals surface area (Å²) in [5.41, 5.74) is 5.83. The van der Waals surface area contributed by atoms with Gasteiger partial charge < -0.3 is 10.5 Å². The van der Waals surface area contributed by atoms with Crippen molar-refractivity contribution in [3.05, 3.63) is 58.6 Å². The van der Waals surface area contributed by atoms with E-state index in [1.54, 1.807) is 18.2 Å². The van der Waals surface area contributed by atoms with E-state index < -0.39 is 17.2 Å². The normalized spacial score (nSPS) is 24.8. The molecule has 1 aromatic carbocycles. The standard InChI is InChI=1S/C18H13FN4O/c19-12-3-1-11(2-4-12)16-15-8-24-6-5-13(15)14(7-20)17(23)18(16,9-21)10-22/h1-5,15-16H,6,8,23H2. The lowest BCUT2D eigenvalue weighted by Crippen LogP contribution is -2.44. The Labute approximate surface area is 138 Å². The van der Waals surface area contributed by atoms with Gasteiger partial charge in [-0.1, -0.05) is 18.2 Å². The summed E-state index contributed by atoms with van der Waals surface area (Å²) in [6.07, 6.45) is 1.76. The molecule has 2 aliphatic rings. The van der Waals surface area contributed by atoms with Crippen molar-refractivity contribution in [3.8, 4) is 18.2 Å². The summed E-state index contributed by atoms with van der Waals surface area (Å²) in [5, 5.41) is 29.0. The molecule has 0 saturated carbocycles. The Kier molecular flexibility index (Phi) is 3.81. The van der Waals surface area contributed by atoms with Crippen molar-refractivity contribution in [2.75, 3.05) is 13.2 Å². The van der Waals surface area contributed by atoms with Gasteiger partial charge in [0.05, 0.1) is 36.6 Å². The number of allylic oxidation sites excluding steroid dienone is 2. The van der Waals surface area contributed by atoms with E-state index in [-0.39, 0.29) is 23.8 Å². The molecule has 3 rings (SSSR count). The Morgan fingerprint density at radius 1 is 1.17 bits per heavy atom. The van der Waals surface area contributed by atoms with Crippen LogP contribution in [0.3, 0.4) is 0 Å². The number of nitrogens with zero attached hydrogens (tertiary/aromatic N) is 3. The van der Waals surface area contributed by atoms with Crippen LogP contribution in [-0.2, 0) is 4.74 Å². The predicted molar refractivity (Wildman–Crippen MR) is 82.0 cm³/mol. The van der Waals surface area contributed by atoms with Crippen molar-refractivity contribution in [1.82, 2.24) is 0 Å². The molecule has 1 aromatic rings. The van der Waals surface area contributed by atoms with Crippen LogP contribution in [0, 0.1) is 51.1 Å². The zero-order chi connectivity index (χ0) is 17.3. The number of fused-ring (bicyclic) bond motifs is 1. The topological polar surface area (TPSA) is 107 Å². The molecule has 0 spiro atoms. The third-order valence-electron chi connectivity index (χ3n) is 4.66. The maximum Gasteiger partial charge on any atom is 0.191 e. The van der Waals surface area contributed by atoms with E-state index in [1.165, 1.54) is 12.1 Å². The van der Waals surface area contributed by atoms with Crippen LogP contribution in [0.4, 0.5) is 4.39 Å². The fourth-order valence-electron chi connectivity index (χ4n) is 3.53. The first-order valence-corrected chi connectivity index (χ1v) is 7.35. The van der Waals surface area contributed by atoms with Gasteiger partial charge in [0.15, 0.2) is 5.41 Å². The zero-order valence-electron chi connectivity index (χ0n) is 12.7. The lowest BCUT2D eigenvalue weighted by atomic mass is 9.58. The van der Waals surface area contributed by atoms with Gasteiger partial charge in [0.25, 0.3) is 0 Å². The molecular weight excluding hydrogens is 307 g/mol. The summed E-state index contributed by atoms with van der Waals surface area (Å²) in [6, 6.07) is 11.7. The van der Waals surface area contributed by atoms with Crippen LogP contribution in [0.2, 0.25) is 0 Å². The quantitative estimate of drug-likeness (QED) is 0.854. The second kappa shape index (κ2) is 5.81. The monoisotopic (exact) mass is 320 g/mol. The summed E-state index contributed by atoms with van der Waals surface area (Å²) >= 11 is 0. The van der Waals surface area contributed by atoms with Gasteiger partial charge in [-0.2, -0.15) is 15.8 Å². The molecule has 5 nitrogen and oxygen atoms in total. The number of ether oxygens (including phenoxy) is 1. The Hall–Kier alpha value is -3.14. The van der Waals surface area contributed by atoms with E-state index in [9.17, 15) is 20.2 Å². The molecule has 6 heteroatoms. The highest BCUT2D eigenvalue weighted by Crippen LogP contribution is 2.53. The van der Waals surface area contributed by atoms with E-state index in [2.05, 4.69) is 0 Å². The number of nitriles is 3. The van der Waals surface area contributed by atoms with Crippen molar-refractivity contribution in [2.45, 2.75) is 5.92 Å². The highest BCUT2D eigenvalue weighted by atomic mass is 19.1. The van der Waals surface area contributed by atoms with Gasteiger partial charge >= 0.3 is 0 Å². The highest BCUT2D eigenvalue weighted by molar-refractivity contribution is 5.59. The lowest BCUT2D eigenvalue weighted by molar-refractivity contribution is 0.0979. The Balaban J connectivity index is 2.31. The first-order chi connectivity index (χ1) is 11.6. The molecule has 0 saturated heterocycles. The van der Waals surface area contributed by atoms with Crippen LogP contribution in [-0.4, -0.2) is 13.2 Å². The molecule has 0 amide bonds. The summed E-state index contributed by atoms with van der Waals surface area (Å²) in [5.74, 6) is -1.42. The molecule has 0 fully saturated rings. The summed E-state index contributed by atoms with van der Waals surface area (Å²) in [6.45, 7) is 0.601. The van der Waals surface area contributed by atoms with Gasteiger partial charge in [-0.25, -0.2) is 4.39 Å². The summed E-state index contributed by atoms with van der Waals surface area (Å²) in [7, 11) is 0. The van der Waals surface area contributed by atoms with E-state index in [0.717, 1.165) is 0 Å². The molecule has 0 bridgehead atoms. The average molecular weight is 320 g/mol. The third-order valence-corrected chi connectivity index (χ3v) is 4.66. The second-order valence-corrected chi connectivity index (χ2v) is 5.76. The fraction of sp³-hybridized carbons (Fsp3) is 0.278. The first kappa shape index (κ1) is 15.7. The Morgan fingerprint density at radius 3 is 2.42 bits per heavy atom. The first-order valence-electron chi connectivity index (χ1n) is 7.35. The zero-order valence-corrected chi connectivity index (χ0v) is 12.7. The SMILES string of the molecule is N#CC1=C(N)C(C#N)(C#N)C(c2ccc(F)cc2)C2COCC=C12. The van der Waals surface area contributed by atoms with E-state index in [0.29, 0.717) is 17.7 Å². The number of nitrogens with two attached hydrogens (primary N) is 1. The Bertz CT molecular complexity index is 850. The lowest BCUT2D eigenvalue weighted by Gasteiger charge is -2.43. The summed E-state index contributed by atoms with van der Waals surface area (Å²) in [4.78, 5) is 0. The molecule has 0 aromatic heterocycles. The van der Waals surface area contributed by atoms with Crippen LogP contribution in [0.25, 0.3) is 0 Å². The van der Waals surface area contributed by atoms with Crippen molar-refractivity contribution >= 4 is 0 Å². The maximum absolute atomic E-state index is 13.3. The van der Waals surface area contributed by atoms with Crippen molar-refractivity contribution in [2.24, 2.45) is 17.1 Å². The molecule has 2 unspecified atom stereocenters. The number of benzene rings is 1. The Morgan fingerprint density at radius 2 is 1.83 bits per heavy atom. The van der Waals surface area contributed by atoms with Gasteiger partial charge in [0.1, 0.15) is 11.9 Å². The minimum atomic E-state index is -1.70. The second-order valence-electron chi connectivity index (χ2n) is 5.76. The summed E-state index contributed by atoms with van der Waals surface area (Å²) < 4.78 is 18.8. The molecule has 2 atom stereocenters. The highest BCUT2D eigenvalue weighted by Gasteiger charge is 2.54. The minimum absolute atomic E-state index is 0.0475. The fourth-order valence-corrected chi connectivity index (χ4v) is 3.53. The number of rotatable bonds is 1. The van der Waals surface area contributed by atoms with Gasteiger partial charge in [-0.15, -0.1) is 0 Å². The average Bonchev–Trinajstić information content (AvgIpc) is 2.62. The number of halogens is 1. The van der Waals surface area contributed by atoms with Crippen molar-refractivity contribution in [3.63, 3.8) is 0 Å². The molecule has 1 aliphatic carbocycles. The van der Waals surface area contributed by atoms with E-state index in [1.807, 2.05) is 18.2 Å². The third kappa shape index (κ3) is 2.07. The van der Waals surface area contributed by atoms with Crippen LogP contribution < -0.4 is 5.73 Å². The number of hydrogen-bond donors (Lipinski definition) is 1. The molecular formula is C18H13FN4O. The molecule has 118 valence electrons. The van der Waals surface area contributed by atoms with E-state index in [4.69, 9.17) is 10.5 Å². The molecule has 1 aliphatic heterocycles. The van der Waals surface area contributed by atoms with Crippen molar-refractivity contribution in [1.29, 1.82) is 15.8 Å². The van der Waals surface area contributed by atoms with Crippen LogP contribution >= 0.6 is 0 Å². The molecule has 24 heavy (non-hydrogen) atoms. The van der Waals surface area contributed by atoms with Gasteiger partial charge in [-0.3, -0.25) is 0 Å². The van der Waals surface area contributed by atoms with Crippen LogP contribution in [0.5, 0.6) is 0 Å². The van der Waals surface area contributed by atoms with Crippen molar-refractivity contribution < 1.29 is 9.13 Å². The van der Waals surface area contributed by atoms with Gasteiger partial charge in [-0.05, 0) is 23.3 Å². The molecule has 2 N–H and O–H groups in total. The molecule has 1 heterocycles. The maximum atomic E-state index is 13.3. The van der Waals surface area contributed by atoms with Crippen LogP contribution in [0.15, 0.2) is 47.2 Å². The predicted octanol–water partition coefficient (Wildman–Crippen LogP) is 2.27. The minimum Gasteiger partial charge on any atom is -0.399 e. The van der Waals surface area contributed by atoms with Gasteiger partial charge in [0, 0.05) is 11.8 Å². The number of hydrogen-bond acceptors (Lipinski definition) is 5. The largest absolute Gasteiger partial charge is 0.399 e. The van der Waals surface area contributed by atoms with Crippen LogP contribution in [0.1, 0.15) is 11.5 Å². The molecule has 0 radical (unpaired) electrons.